The number of carbonyl (C=O) groups is 1. The zero-order valence-corrected chi connectivity index (χ0v) is 10.9. The van der Waals surface area contributed by atoms with Crippen LogP contribution in [0.4, 0.5) is 0 Å². The summed E-state index contributed by atoms with van der Waals surface area (Å²) in [5, 5.41) is 10.2. The number of carboxylic acid groups (broad SMARTS) is 1. The molecule has 100 valence electrons. The Morgan fingerprint density at radius 2 is 2.10 bits per heavy atom. The minimum Gasteiger partial charge on any atom is -0.477 e. The van der Waals surface area contributed by atoms with Crippen LogP contribution >= 0.6 is 0 Å². The minimum atomic E-state index is -0.998. The number of nitrogens with zero attached hydrogens (tertiary/aromatic N) is 2. The Labute approximate surface area is 115 Å². The molecule has 3 heterocycles. The molecular weight excluding hydrogens is 254 g/mol. The van der Waals surface area contributed by atoms with Gasteiger partial charge in [-0.1, -0.05) is 6.92 Å². The Morgan fingerprint density at radius 1 is 1.25 bits per heavy atom. The zero-order valence-electron chi connectivity index (χ0n) is 10.9. The molecular formula is C15H13N3O2. The van der Waals surface area contributed by atoms with Crippen LogP contribution in [-0.2, 0) is 6.42 Å². The Kier molecular flexibility index (Phi) is 2.95. The lowest BCUT2D eigenvalue weighted by atomic mass is 9.97. The average molecular weight is 267 g/mol. The number of aromatic amines is 1. The number of hydrogen-bond donors (Lipinski definition) is 2. The van der Waals surface area contributed by atoms with Crippen molar-refractivity contribution in [2.75, 3.05) is 0 Å². The number of fused-ring (bicyclic) bond motifs is 1. The fourth-order valence-electron chi connectivity index (χ4n) is 2.47. The van der Waals surface area contributed by atoms with Gasteiger partial charge >= 0.3 is 5.97 Å². The zero-order chi connectivity index (χ0) is 14.1. The maximum absolute atomic E-state index is 11.3. The van der Waals surface area contributed by atoms with E-state index in [0.717, 1.165) is 27.7 Å². The summed E-state index contributed by atoms with van der Waals surface area (Å²) in [6, 6.07) is 5.68. The summed E-state index contributed by atoms with van der Waals surface area (Å²) in [6.07, 6.45) is 5.72. The highest BCUT2D eigenvalue weighted by Crippen LogP contribution is 2.31. The van der Waals surface area contributed by atoms with E-state index >= 15 is 0 Å². The van der Waals surface area contributed by atoms with Gasteiger partial charge in [0.1, 0.15) is 5.65 Å². The summed E-state index contributed by atoms with van der Waals surface area (Å²) in [4.78, 5) is 22.6. The number of H-pyrrole nitrogens is 1. The van der Waals surface area contributed by atoms with E-state index in [0.29, 0.717) is 6.42 Å². The number of carboxylic acids is 1. The van der Waals surface area contributed by atoms with E-state index in [1.54, 1.807) is 6.20 Å². The molecule has 5 nitrogen and oxygen atoms in total. The third-order valence-electron chi connectivity index (χ3n) is 3.35. The molecule has 3 aromatic rings. The van der Waals surface area contributed by atoms with E-state index in [4.69, 9.17) is 0 Å². The molecule has 0 spiro atoms. The number of hydrogen-bond acceptors (Lipinski definition) is 3. The Morgan fingerprint density at radius 3 is 2.85 bits per heavy atom. The molecule has 0 aliphatic heterocycles. The third kappa shape index (κ3) is 1.84. The summed E-state index contributed by atoms with van der Waals surface area (Å²) < 4.78 is 0. The van der Waals surface area contributed by atoms with E-state index in [9.17, 15) is 9.90 Å². The number of rotatable bonds is 3. The molecule has 0 atom stereocenters. The van der Waals surface area contributed by atoms with Crippen LogP contribution in [-0.4, -0.2) is 26.0 Å². The molecule has 0 aromatic carbocycles. The fraction of sp³-hybridized carbons (Fsp3) is 0.133. The summed E-state index contributed by atoms with van der Waals surface area (Å²) in [7, 11) is 0. The van der Waals surface area contributed by atoms with Crippen LogP contribution in [0.1, 0.15) is 23.0 Å². The van der Waals surface area contributed by atoms with Crippen LogP contribution < -0.4 is 0 Å². The Hall–Kier alpha value is -2.69. The molecule has 0 saturated carbocycles. The molecule has 0 aliphatic carbocycles. The van der Waals surface area contributed by atoms with Gasteiger partial charge in [0.25, 0.3) is 0 Å². The van der Waals surface area contributed by atoms with E-state index in [1.807, 2.05) is 31.3 Å². The summed E-state index contributed by atoms with van der Waals surface area (Å²) in [6.45, 7) is 1.93. The standard InChI is InChI=1S/C15H13N3O2/c1-2-9-10(5-7-16-13(9)15(19)20)12-8-18-14-11(12)4-3-6-17-14/h3-8H,2H2,1H3,(H,17,18)(H,19,20). The first kappa shape index (κ1) is 12.3. The highest BCUT2D eigenvalue weighted by Gasteiger charge is 2.17. The molecule has 3 rings (SSSR count). The maximum atomic E-state index is 11.3. The van der Waals surface area contributed by atoms with Gasteiger partial charge in [-0.2, -0.15) is 0 Å². The second kappa shape index (κ2) is 4.77. The lowest BCUT2D eigenvalue weighted by Gasteiger charge is -2.09. The highest BCUT2D eigenvalue weighted by atomic mass is 16.4. The molecule has 0 amide bonds. The van der Waals surface area contributed by atoms with Crippen molar-refractivity contribution in [2.24, 2.45) is 0 Å². The van der Waals surface area contributed by atoms with Crippen LogP contribution in [0.15, 0.2) is 36.8 Å². The van der Waals surface area contributed by atoms with Crippen molar-refractivity contribution < 1.29 is 9.90 Å². The van der Waals surface area contributed by atoms with Crippen molar-refractivity contribution in [1.29, 1.82) is 0 Å². The highest BCUT2D eigenvalue weighted by molar-refractivity contribution is 5.97. The first-order chi connectivity index (χ1) is 9.72. The lowest BCUT2D eigenvalue weighted by molar-refractivity contribution is 0.0689. The molecule has 5 heteroatoms. The molecule has 0 saturated heterocycles. The molecule has 0 unspecified atom stereocenters. The Bertz CT molecular complexity index is 793. The monoisotopic (exact) mass is 267 g/mol. The van der Waals surface area contributed by atoms with Gasteiger partial charge in [0.05, 0.1) is 0 Å². The van der Waals surface area contributed by atoms with Crippen LogP contribution in [0.3, 0.4) is 0 Å². The number of nitrogens with one attached hydrogen (secondary N) is 1. The third-order valence-corrected chi connectivity index (χ3v) is 3.35. The first-order valence-corrected chi connectivity index (χ1v) is 6.36. The van der Waals surface area contributed by atoms with Gasteiger partial charge in [-0.05, 0) is 35.7 Å². The van der Waals surface area contributed by atoms with Crippen molar-refractivity contribution in [3.63, 3.8) is 0 Å². The molecule has 0 bridgehead atoms. The fourth-order valence-corrected chi connectivity index (χ4v) is 2.47. The number of pyridine rings is 2. The van der Waals surface area contributed by atoms with Gasteiger partial charge < -0.3 is 10.1 Å². The normalized spacial score (nSPS) is 10.8. The summed E-state index contributed by atoms with van der Waals surface area (Å²) in [5.74, 6) is -0.998. The number of aromatic nitrogens is 3. The van der Waals surface area contributed by atoms with E-state index < -0.39 is 5.97 Å². The molecule has 2 N–H and O–H groups in total. The second-order valence-corrected chi connectivity index (χ2v) is 4.45. The topological polar surface area (TPSA) is 78.9 Å². The Balaban J connectivity index is 2.29. The molecule has 0 fully saturated rings. The molecule has 20 heavy (non-hydrogen) atoms. The van der Waals surface area contributed by atoms with E-state index in [1.165, 1.54) is 6.20 Å². The predicted molar refractivity (Wildman–Crippen MR) is 75.7 cm³/mol. The minimum absolute atomic E-state index is 0.114. The van der Waals surface area contributed by atoms with E-state index in [-0.39, 0.29) is 5.69 Å². The van der Waals surface area contributed by atoms with Crippen molar-refractivity contribution in [1.82, 2.24) is 15.0 Å². The van der Waals surface area contributed by atoms with Gasteiger partial charge in [0, 0.05) is 29.5 Å². The quantitative estimate of drug-likeness (QED) is 0.764. The first-order valence-electron chi connectivity index (χ1n) is 6.36. The average Bonchev–Trinajstić information content (AvgIpc) is 2.90. The smallest absolute Gasteiger partial charge is 0.354 e. The van der Waals surface area contributed by atoms with Crippen LogP contribution in [0.5, 0.6) is 0 Å². The molecule has 0 aliphatic rings. The molecule has 3 aromatic heterocycles. The van der Waals surface area contributed by atoms with Gasteiger partial charge in [0.2, 0.25) is 0 Å². The molecule has 0 radical (unpaired) electrons. The van der Waals surface area contributed by atoms with Crippen molar-refractivity contribution in [3.8, 4) is 11.1 Å². The largest absolute Gasteiger partial charge is 0.477 e. The lowest BCUT2D eigenvalue weighted by Crippen LogP contribution is -2.06. The van der Waals surface area contributed by atoms with Gasteiger partial charge in [-0.25, -0.2) is 14.8 Å². The van der Waals surface area contributed by atoms with Crippen LogP contribution in [0.2, 0.25) is 0 Å². The summed E-state index contributed by atoms with van der Waals surface area (Å²) >= 11 is 0. The van der Waals surface area contributed by atoms with Gasteiger partial charge in [-0.3, -0.25) is 0 Å². The van der Waals surface area contributed by atoms with Crippen molar-refractivity contribution in [3.05, 3.63) is 48.0 Å². The SMILES string of the molecule is CCc1c(-c2c[nH]c3ncccc23)ccnc1C(=O)O. The van der Waals surface area contributed by atoms with Crippen molar-refractivity contribution in [2.45, 2.75) is 13.3 Å². The number of aromatic carboxylic acids is 1. The van der Waals surface area contributed by atoms with Gasteiger partial charge in [0.15, 0.2) is 5.69 Å². The van der Waals surface area contributed by atoms with Crippen LogP contribution in [0.25, 0.3) is 22.2 Å². The summed E-state index contributed by atoms with van der Waals surface area (Å²) in [5.41, 5.74) is 3.49. The maximum Gasteiger partial charge on any atom is 0.354 e. The second-order valence-electron chi connectivity index (χ2n) is 4.45. The van der Waals surface area contributed by atoms with E-state index in [2.05, 4.69) is 15.0 Å². The van der Waals surface area contributed by atoms with Gasteiger partial charge in [-0.15, -0.1) is 0 Å². The predicted octanol–water partition coefficient (Wildman–Crippen LogP) is 2.89. The van der Waals surface area contributed by atoms with Crippen LogP contribution in [0, 0.1) is 0 Å². The van der Waals surface area contributed by atoms with Crippen molar-refractivity contribution >= 4 is 17.0 Å².